The summed E-state index contributed by atoms with van der Waals surface area (Å²) in [5, 5.41) is 11.2. The minimum Gasteiger partial charge on any atom is -0.478 e. The average Bonchev–Trinajstić information content (AvgIpc) is 3.17. The van der Waals surface area contributed by atoms with Crippen molar-refractivity contribution in [2.45, 2.75) is 6.92 Å². The summed E-state index contributed by atoms with van der Waals surface area (Å²) in [6, 6.07) is 15.3. The van der Waals surface area contributed by atoms with Crippen LogP contribution >= 0.6 is 11.3 Å². The predicted molar refractivity (Wildman–Crippen MR) is 97.6 cm³/mol. The van der Waals surface area contributed by atoms with E-state index in [2.05, 4.69) is 9.97 Å². The summed E-state index contributed by atoms with van der Waals surface area (Å²) in [6.07, 6.45) is 0. The largest absolute Gasteiger partial charge is 0.478 e. The number of ether oxygens (including phenoxy) is 1. The highest BCUT2D eigenvalue weighted by molar-refractivity contribution is 7.15. The van der Waals surface area contributed by atoms with E-state index in [0.29, 0.717) is 17.3 Å². The molecule has 0 aliphatic heterocycles. The van der Waals surface area contributed by atoms with Crippen LogP contribution in [0, 0.1) is 6.92 Å². The van der Waals surface area contributed by atoms with Crippen LogP contribution in [0.15, 0.2) is 53.9 Å². The van der Waals surface area contributed by atoms with Crippen LogP contribution in [-0.2, 0) is 0 Å². The molecule has 2 aromatic carbocycles. The highest BCUT2D eigenvalue weighted by atomic mass is 32.1. The van der Waals surface area contributed by atoms with Gasteiger partial charge in [0.15, 0.2) is 0 Å². The van der Waals surface area contributed by atoms with Crippen LogP contribution < -0.4 is 4.74 Å². The van der Waals surface area contributed by atoms with Gasteiger partial charge in [0.05, 0.1) is 16.0 Å². The fourth-order valence-electron chi connectivity index (χ4n) is 2.65. The number of aromatic carboxylic acids is 1. The lowest BCUT2D eigenvalue weighted by molar-refractivity contribution is 0.0695. The number of aryl methyl sites for hydroxylation is 1. The molecule has 0 aliphatic carbocycles. The van der Waals surface area contributed by atoms with Crippen molar-refractivity contribution < 1.29 is 14.6 Å². The maximum Gasteiger partial charge on any atom is 0.336 e. The van der Waals surface area contributed by atoms with Crippen LogP contribution in [0.1, 0.15) is 15.9 Å². The molecule has 0 spiro atoms. The number of imidazole rings is 1. The second-order valence-corrected chi connectivity index (χ2v) is 6.50. The SMILES string of the molecule is Cc1ccc(Oc2nc3c(-c4ccccc4)scc3[nH]2)cc1C(=O)O. The molecule has 2 heterocycles. The van der Waals surface area contributed by atoms with Crippen molar-refractivity contribution in [3.05, 3.63) is 65.0 Å². The third kappa shape index (κ3) is 2.88. The van der Waals surface area contributed by atoms with E-state index in [0.717, 1.165) is 21.5 Å². The molecule has 0 amide bonds. The van der Waals surface area contributed by atoms with Crippen LogP contribution in [0.4, 0.5) is 0 Å². The van der Waals surface area contributed by atoms with Crippen LogP contribution in [0.25, 0.3) is 21.5 Å². The molecular formula is C19H14N2O3S. The van der Waals surface area contributed by atoms with E-state index in [-0.39, 0.29) is 5.56 Å². The standard InChI is InChI=1S/C19H14N2O3S/c1-11-7-8-13(9-14(11)18(22)23)24-19-20-15-10-25-17(16(15)21-19)12-5-3-2-4-6-12/h2-10H,1H3,(H,20,21)(H,22,23). The third-order valence-corrected chi connectivity index (χ3v) is 4.93. The van der Waals surface area contributed by atoms with E-state index in [1.807, 2.05) is 35.7 Å². The minimum absolute atomic E-state index is 0.218. The van der Waals surface area contributed by atoms with Gasteiger partial charge >= 0.3 is 5.97 Å². The molecule has 0 bridgehead atoms. The summed E-state index contributed by atoms with van der Waals surface area (Å²) in [4.78, 5) is 20.0. The van der Waals surface area contributed by atoms with Crippen molar-refractivity contribution >= 4 is 28.3 Å². The number of carbonyl (C=O) groups is 1. The molecule has 0 aliphatic rings. The van der Waals surface area contributed by atoms with Gasteiger partial charge in [-0.3, -0.25) is 0 Å². The summed E-state index contributed by atoms with van der Waals surface area (Å²) in [6.45, 7) is 1.75. The molecule has 0 saturated heterocycles. The van der Waals surface area contributed by atoms with E-state index < -0.39 is 5.97 Å². The number of fused-ring (bicyclic) bond motifs is 1. The quantitative estimate of drug-likeness (QED) is 0.537. The summed E-state index contributed by atoms with van der Waals surface area (Å²) in [7, 11) is 0. The number of aromatic nitrogens is 2. The second kappa shape index (κ2) is 6.07. The molecule has 0 fully saturated rings. The highest BCUT2D eigenvalue weighted by Crippen LogP contribution is 2.35. The van der Waals surface area contributed by atoms with Gasteiger partial charge in [0, 0.05) is 5.38 Å². The monoisotopic (exact) mass is 350 g/mol. The van der Waals surface area contributed by atoms with Crippen LogP contribution in [0.2, 0.25) is 0 Å². The average molecular weight is 350 g/mol. The fourth-order valence-corrected chi connectivity index (χ4v) is 3.59. The number of benzene rings is 2. The zero-order valence-electron chi connectivity index (χ0n) is 13.3. The number of carboxylic acid groups (broad SMARTS) is 1. The minimum atomic E-state index is -0.977. The lowest BCUT2D eigenvalue weighted by Gasteiger charge is -2.05. The highest BCUT2D eigenvalue weighted by Gasteiger charge is 2.14. The maximum absolute atomic E-state index is 11.2. The number of nitrogens with zero attached hydrogens (tertiary/aromatic N) is 1. The number of carboxylic acids is 1. The molecule has 4 aromatic rings. The fraction of sp³-hybridized carbons (Fsp3) is 0.0526. The zero-order chi connectivity index (χ0) is 17.4. The number of hydrogen-bond donors (Lipinski definition) is 2. The smallest absolute Gasteiger partial charge is 0.336 e. The number of H-pyrrole nitrogens is 1. The maximum atomic E-state index is 11.2. The van der Waals surface area contributed by atoms with Gasteiger partial charge in [0.25, 0.3) is 6.01 Å². The Morgan fingerprint density at radius 3 is 2.76 bits per heavy atom. The molecule has 2 N–H and O–H groups in total. The number of hydrogen-bond acceptors (Lipinski definition) is 4. The van der Waals surface area contributed by atoms with Gasteiger partial charge in [-0.1, -0.05) is 36.4 Å². The first kappa shape index (κ1) is 15.4. The molecule has 0 atom stereocenters. The molecule has 0 radical (unpaired) electrons. The lowest BCUT2D eigenvalue weighted by Crippen LogP contribution is -2.00. The van der Waals surface area contributed by atoms with Crippen molar-refractivity contribution in [2.24, 2.45) is 0 Å². The molecule has 0 unspecified atom stereocenters. The Hall–Kier alpha value is -3.12. The van der Waals surface area contributed by atoms with Crippen molar-refractivity contribution in [3.8, 4) is 22.2 Å². The molecule has 0 saturated carbocycles. The van der Waals surface area contributed by atoms with E-state index >= 15 is 0 Å². The summed E-state index contributed by atoms with van der Waals surface area (Å²) >= 11 is 1.62. The topological polar surface area (TPSA) is 75.2 Å². The van der Waals surface area contributed by atoms with Crippen molar-refractivity contribution in [1.82, 2.24) is 9.97 Å². The Morgan fingerprint density at radius 1 is 1.20 bits per heavy atom. The van der Waals surface area contributed by atoms with E-state index in [1.54, 1.807) is 30.4 Å². The second-order valence-electron chi connectivity index (χ2n) is 5.62. The van der Waals surface area contributed by atoms with Gasteiger partial charge in [0.1, 0.15) is 11.3 Å². The Bertz CT molecular complexity index is 1070. The number of thiophene rings is 1. The molecule has 2 aromatic heterocycles. The van der Waals surface area contributed by atoms with Crippen LogP contribution in [-0.4, -0.2) is 21.0 Å². The molecule has 25 heavy (non-hydrogen) atoms. The first-order valence-corrected chi connectivity index (χ1v) is 8.54. The van der Waals surface area contributed by atoms with E-state index in [9.17, 15) is 9.90 Å². The van der Waals surface area contributed by atoms with Gasteiger partial charge in [0.2, 0.25) is 0 Å². The summed E-state index contributed by atoms with van der Waals surface area (Å²) in [5.41, 5.74) is 3.74. The van der Waals surface area contributed by atoms with Gasteiger partial charge in [-0.15, -0.1) is 11.3 Å². The van der Waals surface area contributed by atoms with Crippen molar-refractivity contribution in [2.75, 3.05) is 0 Å². The number of nitrogens with one attached hydrogen (secondary N) is 1. The Labute approximate surface area is 147 Å². The predicted octanol–water partition coefficient (Wildman–Crippen LogP) is 5.09. The number of aromatic amines is 1. The van der Waals surface area contributed by atoms with Gasteiger partial charge < -0.3 is 14.8 Å². The lowest BCUT2D eigenvalue weighted by atomic mass is 10.1. The van der Waals surface area contributed by atoms with Gasteiger partial charge in [-0.25, -0.2) is 4.79 Å². The van der Waals surface area contributed by atoms with Crippen LogP contribution in [0.3, 0.4) is 0 Å². The Balaban J connectivity index is 1.68. The normalized spacial score (nSPS) is 10.9. The Morgan fingerprint density at radius 2 is 2.00 bits per heavy atom. The van der Waals surface area contributed by atoms with E-state index in [1.165, 1.54) is 6.07 Å². The first-order chi connectivity index (χ1) is 12.1. The summed E-state index contributed by atoms with van der Waals surface area (Å²) in [5.74, 6) is -0.543. The molecule has 124 valence electrons. The Kier molecular flexibility index (Phi) is 3.74. The zero-order valence-corrected chi connectivity index (χ0v) is 14.1. The van der Waals surface area contributed by atoms with Crippen LogP contribution in [0.5, 0.6) is 11.8 Å². The molecule has 4 rings (SSSR count). The molecule has 6 heteroatoms. The van der Waals surface area contributed by atoms with Gasteiger partial charge in [-0.05, 0) is 30.2 Å². The van der Waals surface area contributed by atoms with E-state index in [4.69, 9.17) is 4.74 Å². The number of rotatable bonds is 4. The molecule has 5 nitrogen and oxygen atoms in total. The third-order valence-electron chi connectivity index (χ3n) is 3.91. The first-order valence-electron chi connectivity index (χ1n) is 7.66. The van der Waals surface area contributed by atoms with Crippen molar-refractivity contribution in [3.63, 3.8) is 0 Å². The van der Waals surface area contributed by atoms with Crippen molar-refractivity contribution in [1.29, 1.82) is 0 Å². The molecular weight excluding hydrogens is 336 g/mol. The summed E-state index contributed by atoms with van der Waals surface area (Å²) < 4.78 is 5.73. The van der Waals surface area contributed by atoms with Gasteiger partial charge in [-0.2, -0.15) is 4.98 Å².